The molecule has 0 unspecified atom stereocenters. The van der Waals surface area contributed by atoms with Crippen LogP contribution in [0.25, 0.3) is 11.1 Å². The molecule has 1 atom stereocenters. The van der Waals surface area contributed by atoms with Gasteiger partial charge in [-0.25, -0.2) is 4.79 Å². The van der Waals surface area contributed by atoms with Gasteiger partial charge in [-0.05, 0) is 73.5 Å². The highest BCUT2D eigenvalue weighted by Gasteiger charge is 2.19. The molecule has 1 fully saturated rings. The van der Waals surface area contributed by atoms with Crippen LogP contribution in [-0.4, -0.2) is 40.4 Å². The second-order valence-corrected chi connectivity index (χ2v) is 8.85. The summed E-state index contributed by atoms with van der Waals surface area (Å²) in [6.45, 7) is 1.23. The Bertz CT molecular complexity index is 1060. The smallest absolute Gasteiger partial charge is 0.339 e. The molecule has 0 aliphatic heterocycles. The average molecular weight is 461 g/mol. The summed E-state index contributed by atoms with van der Waals surface area (Å²) in [5.41, 5.74) is 4.17. The van der Waals surface area contributed by atoms with Crippen LogP contribution in [0, 0.1) is 0 Å². The van der Waals surface area contributed by atoms with Crippen molar-refractivity contribution in [2.24, 2.45) is 0 Å². The molecule has 0 bridgehead atoms. The minimum absolute atomic E-state index is 0.0913. The van der Waals surface area contributed by atoms with E-state index >= 15 is 0 Å². The van der Waals surface area contributed by atoms with E-state index in [1.165, 1.54) is 12.0 Å². The van der Waals surface area contributed by atoms with Gasteiger partial charge >= 0.3 is 5.97 Å². The lowest BCUT2D eigenvalue weighted by atomic mass is 9.97. The third-order valence-corrected chi connectivity index (χ3v) is 6.34. The SMILES string of the molecule is O=C(O)c1ccc(-c2ccc(CCNC[C@@H](O)c3cccnc3)cc2)cc1OC1CCCCC1. The fourth-order valence-electron chi connectivity index (χ4n) is 4.36. The third-order valence-electron chi connectivity index (χ3n) is 6.34. The Balaban J connectivity index is 1.35. The Kier molecular flexibility index (Phi) is 8.28. The molecule has 178 valence electrons. The first-order valence-corrected chi connectivity index (χ1v) is 12.0. The van der Waals surface area contributed by atoms with E-state index in [4.69, 9.17) is 4.74 Å². The molecule has 1 aliphatic carbocycles. The van der Waals surface area contributed by atoms with Crippen molar-refractivity contribution in [2.45, 2.75) is 50.7 Å². The normalized spacial score (nSPS) is 15.1. The van der Waals surface area contributed by atoms with Gasteiger partial charge in [0.05, 0.1) is 12.2 Å². The van der Waals surface area contributed by atoms with E-state index in [9.17, 15) is 15.0 Å². The number of rotatable bonds is 10. The van der Waals surface area contributed by atoms with Crippen LogP contribution >= 0.6 is 0 Å². The maximum Gasteiger partial charge on any atom is 0.339 e. The van der Waals surface area contributed by atoms with Gasteiger partial charge in [-0.15, -0.1) is 0 Å². The van der Waals surface area contributed by atoms with E-state index in [0.29, 0.717) is 12.3 Å². The number of aromatic carboxylic acids is 1. The summed E-state index contributed by atoms with van der Waals surface area (Å²) in [5, 5.41) is 23.1. The number of aromatic nitrogens is 1. The van der Waals surface area contributed by atoms with Gasteiger partial charge in [-0.3, -0.25) is 4.98 Å². The molecule has 6 nitrogen and oxygen atoms in total. The molecule has 0 amide bonds. The van der Waals surface area contributed by atoms with Gasteiger partial charge in [-0.1, -0.05) is 42.8 Å². The standard InChI is InChI=1S/C28H32N2O4/c31-26(23-5-4-15-29-18-23)19-30-16-14-20-8-10-21(11-9-20)22-12-13-25(28(32)33)27(17-22)34-24-6-2-1-3-7-24/h4-5,8-13,15,17-18,24,26,30-31H,1-3,6-7,14,16,19H2,(H,32,33)/t26-/m1/s1. The molecule has 1 heterocycles. The van der Waals surface area contributed by atoms with Gasteiger partial charge in [0.25, 0.3) is 0 Å². The third kappa shape index (κ3) is 6.43. The van der Waals surface area contributed by atoms with E-state index in [0.717, 1.165) is 55.3 Å². The molecule has 34 heavy (non-hydrogen) atoms. The lowest BCUT2D eigenvalue weighted by Gasteiger charge is -2.24. The lowest BCUT2D eigenvalue weighted by molar-refractivity contribution is 0.0686. The summed E-state index contributed by atoms with van der Waals surface area (Å²) in [6, 6.07) is 17.3. The second kappa shape index (κ2) is 11.8. The Morgan fingerprint density at radius 1 is 1.06 bits per heavy atom. The van der Waals surface area contributed by atoms with Gasteiger partial charge in [0, 0.05) is 24.5 Å². The van der Waals surface area contributed by atoms with Crippen LogP contribution in [-0.2, 0) is 6.42 Å². The number of nitrogens with zero attached hydrogens (tertiary/aromatic N) is 1. The second-order valence-electron chi connectivity index (χ2n) is 8.85. The van der Waals surface area contributed by atoms with Crippen molar-refractivity contribution in [3.8, 4) is 16.9 Å². The van der Waals surface area contributed by atoms with Crippen molar-refractivity contribution < 1.29 is 19.7 Å². The van der Waals surface area contributed by atoms with E-state index in [1.54, 1.807) is 18.5 Å². The monoisotopic (exact) mass is 460 g/mol. The largest absolute Gasteiger partial charge is 0.490 e. The first-order valence-electron chi connectivity index (χ1n) is 12.0. The topological polar surface area (TPSA) is 91.7 Å². The van der Waals surface area contributed by atoms with Crippen LogP contribution in [0.5, 0.6) is 5.75 Å². The Morgan fingerprint density at radius 2 is 1.82 bits per heavy atom. The molecule has 0 radical (unpaired) electrons. The summed E-state index contributed by atoms with van der Waals surface area (Å²) >= 11 is 0. The van der Waals surface area contributed by atoms with E-state index in [2.05, 4.69) is 34.6 Å². The summed E-state index contributed by atoms with van der Waals surface area (Å²) < 4.78 is 6.14. The van der Waals surface area contributed by atoms with Gasteiger partial charge in [0.2, 0.25) is 0 Å². The van der Waals surface area contributed by atoms with Crippen molar-refractivity contribution in [3.05, 3.63) is 83.7 Å². The number of aliphatic hydroxyl groups excluding tert-OH is 1. The highest BCUT2D eigenvalue weighted by atomic mass is 16.5. The fraction of sp³-hybridized carbons (Fsp3) is 0.357. The van der Waals surface area contributed by atoms with Crippen LogP contribution in [0.1, 0.15) is 59.7 Å². The number of aliphatic hydroxyl groups is 1. The predicted molar refractivity (Wildman–Crippen MR) is 132 cm³/mol. The van der Waals surface area contributed by atoms with Gasteiger partial charge in [-0.2, -0.15) is 0 Å². The van der Waals surface area contributed by atoms with Crippen LogP contribution in [0.4, 0.5) is 0 Å². The van der Waals surface area contributed by atoms with Crippen LogP contribution < -0.4 is 10.1 Å². The molecular formula is C28H32N2O4. The summed E-state index contributed by atoms with van der Waals surface area (Å²) in [6.07, 6.45) is 9.17. The zero-order valence-electron chi connectivity index (χ0n) is 19.3. The Hall–Kier alpha value is -3.22. The number of pyridine rings is 1. The van der Waals surface area contributed by atoms with Crippen molar-refractivity contribution in [1.29, 1.82) is 0 Å². The Morgan fingerprint density at radius 3 is 2.53 bits per heavy atom. The number of carboxylic acids is 1. The zero-order chi connectivity index (χ0) is 23.8. The molecule has 3 aromatic rings. The minimum Gasteiger partial charge on any atom is -0.490 e. The summed E-state index contributed by atoms with van der Waals surface area (Å²) in [5.74, 6) is -0.508. The van der Waals surface area contributed by atoms with E-state index < -0.39 is 12.1 Å². The number of carbonyl (C=O) groups is 1. The molecule has 2 aromatic carbocycles. The molecule has 4 rings (SSSR count). The zero-order valence-corrected chi connectivity index (χ0v) is 19.3. The molecule has 1 aliphatic rings. The molecule has 1 saturated carbocycles. The molecule has 0 saturated heterocycles. The number of hydrogen-bond donors (Lipinski definition) is 3. The number of benzene rings is 2. The van der Waals surface area contributed by atoms with Crippen LogP contribution in [0.2, 0.25) is 0 Å². The van der Waals surface area contributed by atoms with Crippen molar-refractivity contribution in [3.63, 3.8) is 0 Å². The van der Waals surface area contributed by atoms with Crippen molar-refractivity contribution >= 4 is 5.97 Å². The van der Waals surface area contributed by atoms with Crippen LogP contribution in [0.15, 0.2) is 67.0 Å². The number of carboxylic acid groups (broad SMARTS) is 1. The van der Waals surface area contributed by atoms with Gasteiger partial charge in [0.15, 0.2) is 0 Å². The highest BCUT2D eigenvalue weighted by molar-refractivity contribution is 5.92. The maximum atomic E-state index is 11.7. The predicted octanol–water partition coefficient (Wildman–Crippen LogP) is 5.02. The lowest BCUT2D eigenvalue weighted by Crippen LogP contribution is -2.23. The number of hydrogen-bond acceptors (Lipinski definition) is 5. The number of ether oxygens (including phenoxy) is 1. The number of nitrogens with one attached hydrogen (secondary N) is 1. The molecule has 1 aromatic heterocycles. The summed E-state index contributed by atoms with van der Waals surface area (Å²) in [7, 11) is 0. The molecule has 6 heteroatoms. The minimum atomic E-state index is -0.964. The molecule has 0 spiro atoms. The van der Waals surface area contributed by atoms with E-state index in [-0.39, 0.29) is 11.7 Å². The first kappa shape index (κ1) is 23.9. The fourth-order valence-corrected chi connectivity index (χ4v) is 4.36. The quantitative estimate of drug-likeness (QED) is 0.368. The average Bonchev–Trinajstić information content (AvgIpc) is 2.88. The highest BCUT2D eigenvalue weighted by Crippen LogP contribution is 2.31. The first-order chi connectivity index (χ1) is 16.6. The van der Waals surface area contributed by atoms with Crippen molar-refractivity contribution in [2.75, 3.05) is 13.1 Å². The van der Waals surface area contributed by atoms with Gasteiger partial charge in [0.1, 0.15) is 11.3 Å². The summed E-state index contributed by atoms with van der Waals surface area (Å²) in [4.78, 5) is 15.7. The Labute approximate surface area is 200 Å². The van der Waals surface area contributed by atoms with Crippen LogP contribution in [0.3, 0.4) is 0 Å². The maximum absolute atomic E-state index is 11.7. The molecular weight excluding hydrogens is 428 g/mol. The van der Waals surface area contributed by atoms with Gasteiger partial charge < -0.3 is 20.3 Å². The van der Waals surface area contributed by atoms with Crippen molar-refractivity contribution in [1.82, 2.24) is 10.3 Å². The van der Waals surface area contributed by atoms with E-state index in [1.807, 2.05) is 24.3 Å². The molecule has 3 N–H and O–H groups in total.